The van der Waals surface area contributed by atoms with Gasteiger partial charge in [-0.05, 0) is 36.4 Å². The topological polar surface area (TPSA) is 35.8 Å². The van der Waals surface area contributed by atoms with Crippen molar-refractivity contribution >= 4 is 17.0 Å². The van der Waals surface area contributed by atoms with Crippen molar-refractivity contribution < 1.29 is 0 Å². The second-order valence-corrected chi connectivity index (χ2v) is 5.59. The van der Waals surface area contributed by atoms with Crippen LogP contribution in [0.15, 0.2) is 35.7 Å². The van der Waals surface area contributed by atoms with Gasteiger partial charge in [0.15, 0.2) is 0 Å². The first-order valence-corrected chi connectivity index (χ1v) is 7.44. The van der Waals surface area contributed by atoms with E-state index >= 15 is 0 Å². The van der Waals surface area contributed by atoms with Gasteiger partial charge in [0, 0.05) is 4.88 Å². The van der Waals surface area contributed by atoms with Crippen molar-refractivity contribution in [3.8, 4) is 6.07 Å². The van der Waals surface area contributed by atoms with E-state index in [2.05, 4.69) is 35.8 Å². The number of rotatable bonds is 5. The Bertz CT molecular complexity index is 567. The predicted molar refractivity (Wildman–Crippen MR) is 81.5 cm³/mol. The lowest BCUT2D eigenvalue weighted by Gasteiger charge is -2.20. The first kappa shape index (κ1) is 13.6. The molecule has 1 atom stereocenters. The van der Waals surface area contributed by atoms with E-state index in [1.807, 2.05) is 25.1 Å². The molecule has 1 unspecified atom stereocenters. The highest BCUT2D eigenvalue weighted by Crippen LogP contribution is 2.30. The molecule has 3 heteroatoms. The quantitative estimate of drug-likeness (QED) is 0.840. The number of anilines is 1. The highest BCUT2D eigenvalue weighted by molar-refractivity contribution is 7.10. The molecule has 0 saturated heterocycles. The van der Waals surface area contributed by atoms with Crippen molar-refractivity contribution in [1.82, 2.24) is 0 Å². The molecule has 2 rings (SSSR count). The third-order valence-corrected chi connectivity index (χ3v) is 4.16. The molecule has 98 valence electrons. The molecule has 1 heterocycles. The summed E-state index contributed by atoms with van der Waals surface area (Å²) in [5, 5.41) is 14.9. The van der Waals surface area contributed by atoms with Crippen molar-refractivity contribution in [3.63, 3.8) is 0 Å². The van der Waals surface area contributed by atoms with Crippen molar-refractivity contribution in [2.45, 2.75) is 32.7 Å². The summed E-state index contributed by atoms with van der Waals surface area (Å²) in [6.07, 6.45) is 2.18. The fourth-order valence-corrected chi connectivity index (χ4v) is 3.00. The number of para-hydroxylation sites is 1. The van der Waals surface area contributed by atoms with E-state index in [0.29, 0.717) is 6.04 Å². The summed E-state index contributed by atoms with van der Waals surface area (Å²) in [7, 11) is 0. The maximum Gasteiger partial charge on any atom is 0.101 e. The Kier molecular flexibility index (Phi) is 4.59. The van der Waals surface area contributed by atoms with Gasteiger partial charge in [0.05, 0.1) is 17.3 Å². The Hall–Kier alpha value is -1.79. The lowest BCUT2D eigenvalue weighted by Crippen LogP contribution is -2.11. The fraction of sp³-hybridized carbons (Fsp3) is 0.312. The largest absolute Gasteiger partial charge is 0.376 e. The third kappa shape index (κ3) is 3.15. The average molecular weight is 270 g/mol. The van der Waals surface area contributed by atoms with E-state index in [0.717, 1.165) is 29.7 Å². The van der Waals surface area contributed by atoms with Gasteiger partial charge in [0.25, 0.3) is 0 Å². The molecule has 0 radical (unpaired) electrons. The van der Waals surface area contributed by atoms with Gasteiger partial charge in [-0.1, -0.05) is 31.5 Å². The smallest absolute Gasteiger partial charge is 0.101 e. The van der Waals surface area contributed by atoms with Crippen molar-refractivity contribution in [1.29, 1.82) is 5.26 Å². The van der Waals surface area contributed by atoms with E-state index in [-0.39, 0.29) is 0 Å². The second kappa shape index (κ2) is 6.40. The van der Waals surface area contributed by atoms with Gasteiger partial charge < -0.3 is 5.32 Å². The van der Waals surface area contributed by atoms with Crippen LogP contribution in [-0.4, -0.2) is 0 Å². The van der Waals surface area contributed by atoms with Crippen LogP contribution in [0.4, 0.5) is 5.69 Å². The van der Waals surface area contributed by atoms with Crippen LogP contribution in [-0.2, 0) is 0 Å². The number of thiophene rings is 1. The van der Waals surface area contributed by atoms with E-state index in [1.54, 1.807) is 11.3 Å². The van der Waals surface area contributed by atoms with Crippen LogP contribution in [0.5, 0.6) is 0 Å². The summed E-state index contributed by atoms with van der Waals surface area (Å²) in [5.74, 6) is 0. The molecule has 0 aliphatic carbocycles. The zero-order valence-corrected chi connectivity index (χ0v) is 12.1. The first-order chi connectivity index (χ1) is 9.26. The molecule has 1 aromatic carbocycles. The Morgan fingerprint density at radius 3 is 2.79 bits per heavy atom. The number of nitrogens with zero attached hydrogens (tertiary/aromatic N) is 1. The molecular formula is C16H18N2S. The number of aryl methyl sites for hydroxylation is 1. The van der Waals surface area contributed by atoms with Gasteiger partial charge in [-0.15, -0.1) is 11.3 Å². The van der Waals surface area contributed by atoms with Crippen LogP contribution in [0, 0.1) is 18.3 Å². The lowest BCUT2D eigenvalue weighted by molar-refractivity contribution is 0.687. The molecule has 0 bridgehead atoms. The number of nitrogens with one attached hydrogen (secondary N) is 1. The van der Waals surface area contributed by atoms with Gasteiger partial charge in [0.1, 0.15) is 6.07 Å². The van der Waals surface area contributed by atoms with Crippen LogP contribution in [0.25, 0.3) is 0 Å². The van der Waals surface area contributed by atoms with E-state index in [1.165, 1.54) is 4.88 Å². The highest BCUT2D eigenvalue weighted by Gasteiger charge is 2.14. The molecule has 0 saturated carbocycles. The minimum Gasteiger partial charge on any atom is -0.376 e. The highest BCUT2D eigenvalue weighted by atomic mass is 32.1. The van der Waals surface area contributed by atoms with E-state index in [9.17, 15) is 5.26 Å². The van der Waals surface area contributed by atoms with Crippen LogP contribution >= 0.6 is 11.3 Å². The van der Waals surface area contributed by atoms with Crippen molar-refractivity contribution in [3.05, 3.63) is 51.7 Å². The fourth-order valence-electron chi connectivity index (χ4n) is 2.19. The predicted octanol–water partition coefficient (Wildman–Crippen LogP) is 4.88. The summed E-state index contributed by atoms with van der Waals surface area (Å²) in [5.41, 5.74) is 2.81. The number of hydrogen-bond donors (Lipinski definition) is 1. The van der Waals surface area contributed by atoms with Crippen molar-refractivity contribution in [2.75, 3.05) is 5.32 Å². The molecule has 0 fully saturated rings. The number of hydrogen-bond acceptors (Lipinski definition) is 3. The van der Waals surface area contributed by atoms with E-state index < -0.39 is 0 Å². The summed E-state index contributed by atoms with van der Waals surface area (Å²) < 4.78 is 0. The number of nitriles is 1. The van der Waals surface area contributed by atoms with Crippen LogP contribution in [0.2, 0.25) is 0 Å². The normalized spacial score (nSPS) is 11.8. The summed E-state index contributed by atoms with van der Waals surface area (Å²) in [6.45, 7) is 4.23. The molecule has 1 aromatic heterocycles. The van der Waals surface area contributed by atoms with Crippen LogP contribution < -0.4 is 5.32 Å². The van der Waals surface area contributed by atoms with Gasteiger partial charge in [-0.3, -0.25) is 0 Å². The average Bonchev–Trinajstić information content (AvgIpc) is 2.94. The molecule has 2 nitrogen and oxygen atoms in total. The monoisotopic (exact) mass is 270 g/mol. The molecule has 2 aromatic rings. The van der Waals surface area contributed by atoms with Gasteiger partial charge >= 0.3 is 0 Å². The maximum atomic E-state index is 9.23. The van der Waals surface area contributed by atoms with Crippen LogP contribution in [0.3, 0.4) is 0 Å². The molecule has 19 heavy (non-hydrogen) atoms. The molecular weight excluding hydrogens is 252 g/mol. The standard InChI is InChI=1S/C16H18N2S/c1-3-6-14(15-9-5-10-19-15)18-16-12(2)7-4-8-13(16)11-17/h4-5,7-10,14,18H,3,6H2,1-2H3. The Balaban J connectivity index is 2.30. The lowest BCUT2D eigenvalue weighted by atomic mass is 10.1. The maximum absolute atomic E-state index is 9.23. The Labute approximate surface area is 118 Å². The Morgan fingerprint density at radius 1 is 1.32 bits per heavy atom. The molecule has 1 N–H and O–H groups in total. The molecule has 0 amide bonds. The van der Waals surface area contributed by atoms with Gasteiger partial charge in [-0.2, -0.15) is 5.26 Å². The second-order valence-electron chi connectivity index (χ2n) is 4.61. The van der Waals surface area contributed by atoms with Crippen molar-refractivity contribution in [2.24, 2.45) is 0 Å². The summed E-state index contributed by atoms with van der Waals surface area (Å²) >= 11 is 1.76. The summed E-state index contributed by atoms with van der Waals surface area (Å²) in [4.78, 5) is 1.33. The van der Waals surface area contributed by atoms with Crippen LogP contribution in [0.1, 0.15) is 41.8 Å². The van der Waals surface area contributed by atoms with Gasteiger partial charge in [-0.25, -0.2) is 0 Å². The molecule has 0 aliphatic rings. The zero-order chi connectivity index (χ0) is 13.7. The Morgan fingerprint density at radius 2 is 2.16 bits per heavy atom. The molecule has 0 aliphatic heterocycles. The summed E-state index contributed by atoms with van der Waals surface area (Å²) in [6, 6.07) is 12.6. The zero-order valence-electron chi connectivity index (χ0n) is 11.3. The number of benzene rings is 1. The van der Waals surface area contributed by atoms with E-state index in [4.69, 9.17) is 0 Å². The first-order valence-electron chi connectivity index (χ1n) is 6.56. The van der Waals surface area contributed by atoms with Gasteiger partial charge in [0.2, 0.25) is 0 Å². The minimum absolute atomic E-state index is 0.290. The SMILES string of the molecule is CCCC(Nc1c(C)cccc1C#N)c1cccs1. The minimum atomic E-state index is 0.290. The third-order valence-electron chi connectivity index (χ3n) is 3.18. The molecule has 0 spiro atoms.